The number of rotatable bonds is 8. The van der Waals surface area contributed by atoms with Gasteiger partial charge in [-0.2, -0.15) is 4.98 Å². The number of nitrogens with zero attached hydrogens (tertiary/aromatic N) is 2. The van der Waals surface area contributed by atoms with Crippen molar-refractivity contribution in [1.82, 2.24) is 9.97 Å². The highest BCUT2D eigenvalue weighted by molar-refractivity contribution is 5.64. The number of aryl methyl sites for hydroxylation is 1. The third-order valence-electron chi connectivity index (χ3n) is 4.71. The quantitative estimate of drug-likeness (QED) is 0.540. The van der Waals surface area contributed by atoms with Crippen molar-refractivity contribution in [3.8, 4) is 11.3 Å². The van der Waals surface area contributed by atoms with Crippen molar-refractivity contribution in [1.29, 1.82) is 0 Å². The van der Waals surface area contributed by atoms with Gasteiger partial charge in [-0.15, -0.1) is 0 Å². The van der Waals surface area contributed by atoms with Gasteiger partial charge in [0.15, 0.2) is 0 Å². The zero-order chi connectivity index (χ0) is 19.9. The molecule has 0 aliphatic carbocycles. The van der Waals surface area contributed by atoms with E-state index in [1.54, 1.807) is 0 Å². The first-order chi connectivity index (χ1) is 13.5. The first kappa shape index (κ1) is 19.8. The average molecular weight is 377 g/mol. The Hall–Kier alpha value is -2.92. The first-order valence-corrected chi connectivity index (χ1v) is 9.66. The molecule has 0 saturated carbocycles. The van der Waals surface area contributed by atoms with Crippen LogP contribution in [0.3, 0.4) is 0 Å². The lowest BCUT2D eigenvalue weighted by Crippen LogP contribution is -2.30. The molecule has 3 rings (SSSR count). The van der Waals surface area contributed by atoms with Crippen molar-refractivity contribution in [2.75, 3.05) is 17.2 Å². The summed E-state index contributed by atoms with van der Waals surface area (Å²) in [4.78, 5) is 9.28. The summed E-state index contributed by atoms with van der Waals surface area (Å²) in [6.07, 6.45) is 0. The Labute approximate surface area is 166 Å². The summed E-state index contributed by atoms with van der Waals surface area (Å²) in [5.74, 6) is 1.52. The summed E-state index contributed by atoms with van der Waals surface area (Å²) in [6, 6.07) is 20.3. The Morgan fingerprint density at radius 3 is 2.32 bits per heavy atom. The van der Waals surface area contributed by atoms with E-state index in [1.807, 2.05) is 36.4 Å². The van der Waals surface area contributed by atoms with Gasteiger partial charge in [-0.3, -0.25) is 0 Å². The number of aromatic nitrogens is 2. The minimum absolute atomic E-state index is 0.0305. The lowest BCUT2D eigenvalue weighted by molar-refractivity contribution is 0.248. The minimum atomic E-state index is -0.101. The molecule has 3 aromatic rings. The van der Waals surface area contributed by atoms with Gasteiger partial charge in [-0.1, -0.05) is 74.0 Å². The molecule has 0 amide bonds. The Balaban J connectivity index is 1.87. The van der Waals surface area contributed by atoms with Crippen LogP contribution in [-0.2, 0) is 6.54 Å². The molecular formula is C23H28N4O. The van der Waals surface area contributed by atoms with Crippen LogP contribution in [0.15, 0.2) is 60.7 Å². The number of hydrogen-bond donors (Lipinski definition) is 3. The van der Waals surface area contributed by atoms with Crippen molar-refractivity contribution in [3.63, 3.8) is 0 Å². The van der Waals surface area contributed by atoms with Crippen LogP contribution >= 0.6 is 0 Å². The zero-order valence-corrected chi connectivity index (χ0v) is 16.7. The van der Waals surface area contributed by atoms with Gasteiger partial charge in [-0.25, -0.2) is 4.98 Å². The number of aliphatic hydroxyl groups excluding tert-OH is 1. The van der Waals surface area contributed by atoms with E-state index in [9.17, 15) is 5.11 Å². The fourth-order valence-electron chi connectivity index (χ4n) is 2.85. The van der Waals surface area contributed by atoms with Gasteiger partial charge in [0, 0.05) is 18.2 Å². The maximum Gasteiger partial charge on any atom is 0.225 e. The zero-order valence-electron chi connectivity index (χ0n) is 16.7. The predicted molar refractivity (Wildman–Crippen MR) is 115 cm³/mol. The van der Waals surface area contributed by atoms with E-state index < -0.39 is 0 Å². The lowest BCUT2D eigenvalue weighted by Gasteiger charge is -2.20. The van der Waals surface area contributed by atoms with E-state index in [1.165, 1.54) is 11.1 Å². The monoisotopic (exact) mass is 376 g/mol. The summed E-state index contributed by atoms with van der Waals surface area (Å²) in [5.41, 5.74) is 4.30. The number of aliphatic hydroxyl groups is 1. The second kappa shape index (κ2) is 9.33. The third kappa shape index (κ3) is 5.30. The molecule has 1 aromatic heterocycles. The van der Waals surface area contributed by atoms with Crippen LogP contribution in [0.25, 0.3) is 11.3 Å². The summed E-state index contributed by atoms with van der Waals surface area (Å²) >= 11 is 0. The van der Waals surface area contributed by atoms with Crippen LogP contribution in [0.4, 0.5) is 11.8 Å². The Bertz CT molecular complexity index is 879. The molecule has 3 N–H and O–H groups in total. The number of hydrogen-bond acceptors (Lipinski definition) is 5. The van der Waals surface area contributed by atoms with E-state index in [4.69, 9.17) is 0 Å². The molecule has 1 heterocycles. The van der Waals surface area contributed by atoms with E-state index >= 15 is 0 Å². The molecule has 0 spiro atoms. The maximum atomic E-state index is 9.65. The Kier molecular flexibility index (Phi) is 6.61. The molecule has 28 heavy (non-hydrogen) atoms. The van der Waals surface area contributed by atoms with Gasteiger partial charge in [0.25, 0.3) is 0 Å². The highest BCUT2D eigenvalue weighted by atomic mass is 16.3. The highest BCUT2D eigenvalue weighted by Gasteiger charge is 2.15. The van der Waals surface area contributed by atoms with E-state index in [0.29, 0.717) is 12.5 Å². The molecule has 0 aliphatic rings. The highest BCUT2D eigenvalue weighted by Crippen LogP contribution is 2.22. The minimum Gasteiger partial charge on any atom is -0.394 e. The van der Waals surface area contributed by atoms with Crippen LogP contribution < -0.4 is 10.6 Å². The maximum absolute atomic E-state index is 9.65. The van der Waals surface area contributed by atoms with Crippen molar-refractivity contribution in [2.45, 2.75) is 33.4 Å². The summed E-state index contributed by atoms with van der Waals surface area (Å²) in [7, 11) is 0. The summed E-state index contributed by atoms with van der Waals surface area (Å²) < 4.78 is 0. The Morgan fingerprint density at radius 2 is 1.68 bits per heavy atom. The second-order valence-corrected chi connectivity index (χ2v) is 7.34. The van der Waals surface area contributed by atoms with Crippen LogP contribution in [-0.4, -0.2) is 27.7 Å². The van der Waals surface area contributed by atoms with E-state index in [0.717, 1.165) is 17.1 Å². The molecule has 0 radical (unpaired) electrons. The Morgan fingerprint density at radius 1 is 0.964 bits per heavy atom. The molecule has 0 bridgehead atoms. The van der Waals surface area contributed by atoms with Gasteiger partial charge in [-0.05, 0) is 18.4 Å². The van der Waals surface area contributed by atoms with Crippen molar-refractivity contribution in [3.05, 3.63) is 71.8 Å². The molecule has 1 atom stereocenters. The molecule has 5 nitrogen and oxygen atoms in total. The van der Waals surface area contributed by atoms with Gasteiger partial charge >= 0.3 is 0 Å². The average Bonchev–Trinajstić information content (AvgIpc) is 2.72. The second-order valence-electron chi connectivity index (χ2n) is 7.34. The van der Waals surface area contributed by atoms with Crippen molar-refractivity contribution < 1.29 is 5.11 Å². The molecule has 2 aromatic carbocycles. The number of anilines is 2. The van der Waals surface area contributed by atoms with Gasteiger partial charge in [0.2, 0.25) is 5.95 Å². The largest absolute Gasteiger partial charge is 0.394 e. The van der Waals surface area contributed by atoms with E-state index in [-0.39, 0.29) is 18.6 Å². The molecule has 0 aliphatic heterocycles. The molecule has 0 fully saturated rings. The fourth-order valence-corrected chi connectivity index (χ4v) is 2.85. The predicted octanol–water partition coefficient (Wildman–Crippen LogP) is 4.49. The smallest absolute Gasteiger partial charge is 0.225 e. The van der Waals surface area contributed by atoms with Gasteiger partial charge < -0.3 is 15.7 Å². The summed E-state index contributed by atoms with van der Waals surface area (Å²) in [5, 5.41) is 16.3. The molecule has 0 unspecified atom stereocenters. The van der Waals surface area contributed by atoms with E-state index in [2.05, 4.69) is 65.6 Å². The standard InChI is InChI=1S/C23H28N4O/c1-16(2)21(15-28)26-23-25-20(19-7-5-4-6-8-19)13-22(27-23)24-14-18-11-9-17(3)10-12-18/h4-13,16,21,28H,14-15H2,1-3H3,(H2,24,25,26,27)/t21-/m0/s1. The van der Waals surface area contributed by atoms with Crippen LogP contribution in [0.2, 0.25) is 0 Å². The molecule has 5 heteroatoms. The van der Waals surface area contributed by atoms with Gasteiger partial charge in [0.1, 0.15) is 5.82 Å². The van der Waals surface area contributed by atoms with Crippen molar-refractivity contribution >= 4 is 11.8 Å². The number of benzene rings is 2. The number of nitrogens with one attached hydrogen (secondary N) is 2. The van der Waals surface area contributed by atoms with Crippen molar-refractivity contribution in [2.24, 2.45) is 5.92 Å². The van der Waals surface area contributed by atoms with Crippen LogP contribution in [0, 0.1) is 12.8 Å². The van der Waals surface area contributed by atoms with Crippen LogP contribution in [0.1, 0.15) is 25.0 Å². The SMILES string of the molecule is Cc1ccc(CNc2cc(-c3ccccc3)nc(N[C@@H](CO)C(C)C)n2)cc1. The molecule has 146 valence electrons. The summed E-state index contributed by atoms with van der Waals surface area (Å²) in [6.45, 7) is 6.91. The third-order valence-corrected chi connectivity index (χ3v) is 4.71. The fraction of sp³-hybridized carbons (Fsp3) is 0.304. The van der Waals surface area contributed by atoms with Crippen LogP contribution in [0.5, 0.6) is 0 Å². The molecule has 0 saturated heterocycles. The first-order valence-electron chi connectivity index (χ1n) is 9.66. The normalized spacial score (nSPS) is 12.0. The molecular weight excluding hydrogens is 348 g/mol. The van der Waals surface area contributed by atoms with Gasteiger partial charge in [0.05, 0.1) is 18.3 Å². The lowest BCUT2D eigenvalue weighted by atomic mass is 10.1. The topological polar surface area (TPSA) is 70.1 Å².